The summed E-state index contributed by atoms with van der Waals surface area (Å²) < 4.78 is 67.2. The van der Waals surface area contributed by atoms with Crippen molar-refractivity contribution in [2.45, 2.75) is 44.3 Å². The highest BCUT2D eigenvalue weighted by molar-refractivity contribution is 7.89. The van der Waals surface area contributed by atoms with Gasteiger partial charge in [-0.3, -0.25) is 4.79 Å². The van der Waals surface area contributed by atoms with Gasteiger partial charge in [0.15, 0.2) is 0 Å². The van der Waals surface area contributed by atoms with Crippen LogP contribution in [-0.2, 0) is 34.0 Å². The molecule has 0 saturated heterocycles. The third kappa shape index (κ3) is 6.92. The van der Waals surface area contributed by atoms with Gasteiger partial charge in [-0.05, 0) is 61.2 Å². The van der Waals surface area contributed by atoms with Crippen molar-refractivity contribution in [3.05, 3.63) is 101 Å². The minimum atomic E-state index is -4.46. The molecular weight excluding hydrogens is 539 g/mol. The number of benzene rings is 3. The number of hydrogen-bond donors (Lipinski definition) is 1. The third-order valence-corrected chi connectivity index (χ3v) is 8.64. The largest absolute Gasteiger partial charge is 0.416 e. The van der Waals surface area contributed by atoms with E-state index in [1.165, 1.54) is 33.5 Å². The standard InChI is InChI=1S/C30H32F3N3O3S/c1-3-17-36(40(38,39)26-14-8-22(2)9-15-26)21-29(37)35(20-23-10-12-25(13-11-23)30(31,32)33)18-16-24-19-34-28-7-5-4-6-27(24)28/h4-15,19,34H,3,16-18,20-21H2,1-2H3. The predicted octanol–water partition coefficient (Wildman–Crippen LogP) is 6.17. The summed E-state index contributed by atoms with van der Waals surface area (Å²) in [7, 11) is -3.93. The summed E-state index contributed by atoms with van der Waals surface area (Å²) >= 11 is 0. The lowest BCUT2D eigenvalue weighted by Gasteiger charge is -2.27. The fraction of sp³-hybridized carbons (Fsp3) is 0.300. The monoisotopic (exact) mass is 571 g/mol. The summed E-state index contributed by atoms with van der Waals surface area (Å²) in [5.41, 5.74) is 2.60. The van der Waals surface area contributed by atoms with Crippen LogP contribution in [0.1, 0.15) is 35.6 Å². The van der Waals surface area contributed by atoms with E-state index in [4.69, 9.17) is 0 Å². The number of nitrogens with one attached hydrogen (secondary N) is 1. The summed E-state index contributed by atoms with van der Waals surface area (Å²) in [6.07, 6.45) is -1.60. The van der Waals surface area contributed by atoms with Crippen LogP contribution in [0.2, 0.25) is 0 Å². The van der Waals surface area contributed by atoms with Gasteiger partial charge in [0.05, 0.1) is 17.0 Å². The smallest absolute Gasteiger partial charge is 0.361 e. The molecule has 0 unspecified atom stereocenters. The molecule has 0 aliphatic carbocycles. The lowest BCUT2D eigenvalue weighted by molar-refractivity contribution is -0.137. The van der Waals surface area contributed by atoms with Crippen molar-refractivity contribution in [3.63, 3.8) is 0 Å². The number of aromatic amines is 1. The molecule has 6 nitrogen and oxygen atoms in total. The number of sulfonamides is 1. The predicted molar refractivity (Wildman–Crippen MR) is 149 cm³/mol. The Hall–Kier alpha value is -3.63. The van der Waals surface area contributed by atoms with Gasteiger partial charge >= 0.3 is 6.18 Å². The summed E-state index contributed by atoms with van der Waals surface area (Å²) in [5.74, 6) is -0.427. The Kier molecular flexibility index (Phi) is 9.00. The number of carbonyl (C=O) groups is 1. The molecule has 1 amide bonds. The van der Waals surface area contributed by atoms with Crippen LogP contribution in [0.3, 0.4) is 0 Å². The van der Waals surface area contributed by atoms with E-state index in [0.29, 0.717) is 18.4 Å². The van der Waals surface area contributed by atoms with Crippen LogP contribution in [0.15, 0.2) is 83.9 Å². The normalized spacial score (nSPS) is 12.2. The van der Waals surface area contributed by atoms with Crippen LogP contribution in [0.5, 0.6) is 0 Å². The van der Waals surface area contributed by atoms with Gasteiger partial charge in [-0.2, -0.15) is 17.5 Å². The number of aromatic nitrogens is 1. The minimum Gasteiger partial charge on any atom is -0.361 e. The fourth-order valence-corrected chi connectivity index (χ4v) is 6.03. The fourth-order valence-electron chi connectivity index (χ4n) is 4.55. The summed E-state index contributed by atoms with van der Waals surface area (Å²) in [4.78, 5) is 18.5. The summed E-state index contributed by atoms with van der Waals surface area (Å²) in [6, 6.07) is 18.9. The van der Waals surface area contributed by atoms with Gasteiger partial charge in [0, 0.05) is 36.7 Å². The first kappa shape index (κ1) is 29.4. The number of fused-ring (bicyclic) bond motifs is 1. The van der Waals surface area contributed by atoms with Gasteiger partial charge in [-0.1, -0.05) is 55.0 Å². The van der Waals surface area contributed by atoms with Crippen LogP contribution >= 0.6 is 0 Å². The van der Waals surface area contributed by atoms with Crippen LogP contribution < -0.4 is 0 Å². The van der Waals surface area contributed by atoms with Crippen molar-refractivity contribution in [1.29, 1.82) is 0 Å². The van der Waals surface area contributed by atoms with Crippen molar-refractivity contribution in [1.82, 2.24) is 14.2 Å². The Bertz CT molecular complexity index is 1550. The average molecular weight is 572 g/mol. The lowest BCUT2D eigenvalue weighted by Crippen LogP contribution is -2.43. The van der Waals surface area contributed by atoms with Crippen molar-refractivity contribution in [3.8, 4) is 0 Å². The van der Waals surface area contributed by atoms with E-state index in [9.17, 15) is 26.4 Å². The molecule has 10 heteroatoms. The number of rotatable bonds is 11. The topological polar surface area (TPSA) is 73.5 Å². The van der Waals surface area contributed by atoms with Crippen molar-refractivity contribution < 1.29 is 26.4 Å². The van der Waals surface area contributed by atoms with Crippen LogP contribution in [-0.4, -0.2) is 48.1 Å². The highest BCUT2D eigenvalue weighted by Gasteiger charge is 2.31. The van der Waals surface area contributed by atoms with Gasteiger partial charge in [0.2, 0.25) is 15.9 Å². The van der Waals surface area contributed by atoms with Crippen LogP contribution in [0.25, 0.3) is 10.9 Å². The number of amides is 1. The second kappa shape index (κ2) is 12.3. The van der Waals surface area contributed by atoms with Crippen molar-refractivity contribution >= 4 is 26.8 Å². The molecule has 0 radical (unpaired) electrons. The zero-order chi connectivity index (χ0) is 28.9. The number of H-pyrrole nitrogens is 1. The molecule has 4 rings (SSSR count). The quantitative estimate of drug-likeness (QED) is 0.234. The minimum absolute atomic E-state index is 0.0455. The van der Waals surface area contributed by atoms with Crippen LogP contribution in [0.4, 0.5) is 13.2 Å². The molecular formula is C30H32F3N3O3S. The molecule has 0 spiro atoms. The highest BCUT2D eigenvalue weighted by Crippen LogP contribution is 2.29. The summed E-state index contributed by atoms with van der Waals surface area (Å²) in [5, 5.41) is 1.01. The van der Waals surface area contributed by atoms with E-state index < -0.39 is 27.7 Å². The molecule has 0 fully saturated rings. The molecule has 3 aromatic carbocycles. The van der Waals surface area contributed by atoms with Gasteiger partial charge < -0.3 is 9.88 Å². The molecule has 40 heavy (non-hydrogen) atoms. The number of aryl methyl sites for hydroxylation is 1. The first-order valence-corrected chi connectivity index (χ1v) is 14.5. The molecule has 1 N–H and O–H groups in total. The van der Waals surface area contributed by atoms with Crippen LogP contribution in [0, 0.1) is 6.92 Å². The second-order valence-corrected chi connectivity index (χ2v) is 11.7. The van der Waals surface area contributed by atoms with E-state index in [1.807, 2.05) is 44.3 Å². The van der Waals surface area contributed by atoms with E-state index in [1.54, 1.807) is 12.1 Å². The molecule has 1 heterocycles. The van der Waals surface area contributed by atoms with Gasteiger partial charge in [0.1, 0.15) is 0 Å². The average Bonchev–Trinajstić information content (AvgIpc) is 3.34. The molecule has 1 aromatic heterocycles. The van der Waals surface area contributed by atoms with E-state index in [2.05, 4.69) is 4.98 Å². The summed E-state index contributed by atoms with van der Waals surface area (Å²) in [6.45, 7) is 3.77. The first-order chi connectivity index (χ1) is 19.0. The van der Waals surface area contributed by atoms with Gasteiger partial charge in [-0.15, -0.1) is 0 Å². The zero-order valence-corrected chi connectivity index (χ0v) is 23.2. The second-order valence-electron chi connectivity index (χ2n) is 9.77. The van der Waals surface area contributed by atoms with E-state index in [-0.39, 0.29) is 31.1 Å². The molecule has 0 bridgehead atoms. The zero-order valence-electron chi connectivity index (χ0n) is 22.4. The maximum atomic E-state index is 13.6. The number of para-hydroxylation sites is 1. The molecule has 0 aliphatic rings. The molecule has 0 atom stereocenters. The Morgan fingerprint density at radius 3 is 2.25 bits per heavy atom. The number of halogens is 3. The molecule has 0 saturated carbocycles. The Labute approximate surface area is 232 Å². The molecule has 0 aliphatic heterocycles. The van der Waals surface area contributed by atoms with E-state index >= 15 is 0 Å². The maximum absolute atomic E-state index is 13.6. The number of alkyl halides is 3. The Balaban J connectivity index is 1.59. The van der Waals surface area contributed by atoms with Crippen molar-refractivity contribution in [2.75, 3.05) is 19.6 Å². The first-order valence-electron chi connectivity index (χ1n) is 13.0. The molecule has 212 valence electrons. The number of hydrogen-bond acceptors (Lipinski definition) is 3. The molecule has 4 aromatic rings. The van der Waals surface area contributed by atoms with Gasteiger partial charge in [0.25, 0.3) is 0 Å². The van der Waals surface area contributed by atoms with E-state index in [0.717, 1.165) is 34.2 Å². The highest BCUT2D eigenvalue weighted by atomic mass is 32.2. The number of nitrogens with zero attached hydrogens (tertiary/aromatic N) is 2. The lowest BCUT2D eigenvalue weighted by atomic mass is 10.1. The van der Waals surface area contributed by atoms with Gasteiger partial charge in [-0.25, -0.2) is 8.42 Å². The Morgan fingerprint density at radius 2 is 1.60 bits per heavy atom. The SMILES string of the molecule is CCCN(CC(=O)N(CCc1c[nH]c2ccccc12)Cc1ccc(C(F)(F)F)cc1)S(=O)(=O)c1ccc(C)cc1. The third-order valence-electron chi connectivity index (χ3n) is 6.78. The van der Waals surface area contributed by atoms with Crippen molar-refractivity contribution in [2.24, 2.45) is 0 Å². The maximum Gasteiger partial charge on any atom is 0.416 e. The number of carbonyl (C=O) groups excluding carboxylic acids is 1. The Morgan fingerprint density at radius 1 is 0.925 bits per heavy atom.